The molecule has 8 heteroatoms. The first-order chi connectivity index (χ1) is 13.0. The maximum Gasteiger partial charge on any atom is 0.238 e. The number of nitrogens with zero attached hydrogens (tertiary/aromatic N) is 2. The largest absolute Gasteiger partial charge is 0.325 e. The van der Waals surface area contributed by atoms with Gasteiger partial charge in [-0.1, -0.05) is 29.4 Å². The van der Waals surface area contributed by atoms with Gasteiger partial charge in [-0.05, 0) is 49.4 Å². The van der Waals surface area contributed by atoms with Gasteiger partial charge in [0, 0.05) is 23.7 Å². The van der Waals surface area contributed by atoms with Gasteiger partial charge in [0.15, 0.2) is 5.17 Å². The highest BCUT2D eigenvalue weighted by Gasteiger charge is 2.35. The normalized spacial score (nSPS) is 18.6. The highest BCUT2D eigenvalue weighted by atomic mass is 35.5. The van der Waals surface area contributed by atoms with Crippen molar-refractivity contribution in [1.82, 2.24) is 4.90 Å². The van der Waals surface area contributed by atoms with Crippen molar-refractivity contribution < 1.29 is 14.0 Å². The summed E-state index contributed by atoms with van der Waals surface area (Å²) in [6.45, 7) is 2.28. The third-order valence-corrected chi connectivity index (χ3v) is 5.31. The van der Waals surface area contributed by atoms with Crippen LogP contribution >= 0.6 is 23.4 Å². The van der Waals surface area contributed by atoms with Crippen LogP contribution in [0, 0.1) is 5.82 Å². The molecule has 1 aliphatic rings. The van der Waals surface area contributed by atoms with E-state index in [0.717, 1.165) is 0 Å². The molecular formula is C19H17ClFN3O2S. The molecule has 2 aromatic rings. The Kier molecular flexibility index (Phi) is 6.13. The van der Waals surface area contributed by atoms with Crippen molar-refractivity contribution >= 4 is 51.7 Å². The van der Waals surface area contributed by atoms with Crippen molar-refractivity contribution in [2.75, 3.05) is 11.9 Å². The molecule has 0 radical (unpaired) electrons. The van der Waals surface area contributed by atoms with Crippen molar-refractivity contribution in [2.45, 2.75) is 18.6 Å². The summed E-state index contributed by atoms with van der Waals surface area (Å²) in [6.07, 6.45) is 0.0767. The molecule has 0 saturated carbocycles. The SMILES string of the molecule is CCN1C(=O)CC(C(=O)Nc2cccc(Cl)c2)SC1=Nc1ccc(F)cc1. The van der Waals surface area contributed by atoms with Crippen LogP contribution in [-0.2, 0) is 9.59 Å². The summed E-state index contributed by atoms with van der Waals surface area (Å²) in [7, 11) is 0. The van der Waals surface area contributed by atoms with E-state index >= 15 is 0 Å². The molecule has 1 atom stereocenters. The molecule has 140 valence electrons. The van der Waals surface area contributed by atoms with Gasteiger partial charge in [0.05, 0.1) is 5.69 Å². The number of aliphatic imine (C=N–C) groups is 1. The fourth-order valence-electron chi connectivity index (χ4n) is 2.57. The van der Waals surface area contributed by atoms with Gasteiger partial charge in [-0.3, -0.25) is 14.5 Å². The van der Waals surface area contributed by atoms with E-state index in [4.69, 9.17) is 11.6 Å². The van der Waals surface area contributed by atoms with Crippen LogP contribution in [0.3, 0.4) is 0 Å². The fourth-order valence-corrected chi connectivity index (χ4v) is 3.92. The van der Waals surface area contributed by atoms with Crippen molar-refractivity contribution in [3.8, 4) is 0 Å². The minimum absolute atomic E-state index is 0.0767. The number of carbonyl (C=O) groups excluding carboxylic acids is 2. The van der Waals surface area contributed by atoms with Gasteiger partial charge >= 0.3 is 0 Å². The fraction of sp³-hybridized carbons (Fsp3) is 0.211. The quantitative estimate of drug-likeness (QED) is 0.816. The van der Waals surface area contributed by atoms with Crippen molar-refractivity contribution in [2.24, 2.45) is 4.99 Å². The molecule has 1 N–H and O–H groups in total. The predicted octanol–water partition coefficient (Wildman–Crippen LogP) is 4.46. The number of hydrogen-bond donors (Lipinski definition) is 1. The average Bonchev–Trinajstić information content (AvgIpc) is 2.63. The first kappa shape index (κ1) is 19.4. The minimum Gasteiger partial charge on any atom is -0.325 e. The smallest absolute Gasteiger partial charge is 0.238 e. The van der Waals surface area contributed by atoms with Crippen molar-refractivity contribution in [1.29, 1.82) is 0 Å². The van der Waals surface area contributed by atoms with E-state index in [1.807, 2.05) is 6.92 Å². The lowest BCUT2D eigenvalue weighted by Gasteiger charge is -2.30. The van der Waals surface area contributed by atoms with Crippen LogP contribution in [0.2, 0.25) is 5.02 Å². The second-order valence-electron chi connectivity index (χ2n) is 5.82. The van der Waals surface area contributed by atoms with Gasteiger partial charge in [-0.15, -0.1) is 0 Å². The molecule has 0 bridgehead atoms. The van der Waals surface area contributed by atoms with E-state index < -0.39 is 5.25 Å². The van der Waals surface area contributed by atoms with Gasteiger partial charge in [-0.25, -0.2) is 9.38 Å². The van der Waals surface area contributed by atoms with Gasteiger partial charge in [-0.2, -0.15) is 0 Å². The van der Waals surface area contributed by atoms with Crippen LogP contribution in [0.1, 0.15) is 13.3 Å². The van der Waals surface area contributed by atoms with Crippen molar-refractivity contribution in [3.63, 3.8) is 0 Å². The highest BCUT2D eigenvalue weighted by Crippen LogP contribution is 2.30. The standard InChI is InChI=1S/C19H17ClFN3O2S/c1-2-24-17(25)11-16(18(26)22-15-5-3-4-12(20)10-15)27-19(24)23-14-8-6-13(21)7-9-14/h3-10,16H,2,11H2,1H3,(H,22,26). The number of benzene rings is 2. The third-order valence-electron chi connectivity index (χ3n) is 3.89. The lowest BCUT2D eigenvalue weighted by molar-refractivity contribution is -0.129. The molecule has 1 saturated heterocycles. The second-order valence-corrected chi connectivity index (χ2v) is 7.43. The Morgan fingerprint density at radius 3 is 2.74 bits per heavy atom. The second kappa shape index (κ2) is 8.54. The van der Waals surface area contributed by atoms with Crippen LogP contribution < -0.4 is 5.32 Å². The van der Waals surface area contributed by atoms with E-state index in [2.05, 4.69) is 10.3 Å². The molecule has 5 nitrogen and oxygen atoms in total. The van der Waals surface area contributed by atoms with Crippen LogP contribution in [-0.4, -0.2) is 33.7 Å². The topological polar surface area (TPSA) is 61.8 Å². The maximum atomic E-state index is 13.1. The number of rotatable bonds is 4. The summed E-state index contributed by atoms with van der Waals surface area (Å²) in [5, 5.41) is 3.10. The molecule has 27 heavy (non-hydrogen) atoms. The summed E-state index contributed by atoms with van der Waals surface area (Å²) < 4.78 is 13.1. The minimum atomic E-state index is -0.613. The zero-order valence-corrected chi connectivity index (χ0v) is 16.1. The summed E-state index contributed by atoms with van der Waals surface area (Å²) in [6, 6.07) is 12.5. The Morgan fingerprint density at radius 1 is 1.33 bits per heavy atom. The molecule has 1 aliphatic heterocycles. The monoisotopic (exact) mass is 405 g/mol. The van der Waals surface area contributed by atoms with E-state index in [0.29, 0.717) is 28.1 Å². The molecule has 0 aliphatic carbocycles. The zero-order chi connectivity index (χ0) is 19.4. The predicted molar refractivity (Wildman–Crippen MR) is 107 cm³/mol. The highest BCUT2D eigenvalue weighted by molar-refractivity contribution is 8.15. The molecule has 0 spiro atoms. The number of carbonyl (C=O) groups is 2. The van der Waals surface area contributed by atoms with Crippen LogP contribution in [0.15, 0.2) is 53.5 Å². The Morgan fingerprint density at radius 2 is 2.07 bits per heavy atom. The molecule has 3 rings (SSSR count). The molecule has 2 aromatic carbocycles. The van der Waals surface area contributed by atoms with E-state index in [9.17, 15) is 14.0 Å². The van der Waals surface area contributed by atoms with Gasteiger partial charge < -0.3 is 5.32 Å². The Hall–Kier alpha value is -2.38. The number of thioether (sulfide) groups is 1. The molecule has 1 heterocycles. The summed E-state index contributed by atoms with van der Waals surface area (Å²) in [4.78, 5) is 31.0. The van der Waals surface area contributed by atoms with Crippen LogP contribution in [0.5, 0.6) is 0 Å². The lowest BCUT2D eigenvalue weighted by atomic mass is 10.2. The van der Waals surface area contributed by atoms with E-state index in [-0.39, 0.29) is 24.1 Å². The molecule has 1 fully saturated rings. The maximum absolute atomic E-state index is 13.1. The number of amidine groups is 1. The summed E-state index contributed by atoms with van der Waals surface area (Å²) in [5.41, 5.74) is 1.08. The number of amides is 2. The molecule has 0 aromatic heterocycles. The Balaban J connectivity index is 1.80. The van der Waals surface area contributed by atoms with E-state index in [1.165, 1.54) is 40.9 Å². The Bertz CT molecular complexity index is 889. The average molecular weight is 406 g/mol. The summed E-state index contributed by atoms with van der Waals surface area (Å²) >= 11 is 7.15. The number of halogens is 2. The van der Waals surface area contributed by atoms with Gasteiger partial charge in [0.25, 0.3) is 0 Å². The zero-order valence-electron chi connectivity index (χ0n) is 14.5. The first-order valence-electron chi connectivity index (χ1n) is 8.34. The van der Waals surface area contributed by atoms with Crippen LogP contribution in [0.4, 0.5) is 15.8 Å². The first-order valence-corrected chi connectivity index (χ1v) is 9.59. The van der Waals surface area contributed by atoms with E-state index in [1.54, 1.807) is 24.3 Å². The van der Waals surface area contributed by atoms with Crippen LogP contribution in [0.25, 0.3) is 0 Å². The lowest BCUT2D eigenvalue weighted by Crippen LogP contribution is -2.45. The third kappa shape index (κ3) is 4.87. The Labute approximate surface area is 165 Å². The molecule has 2 amide bonds. The number of nitrogens with one attached hydrogen (secondary N) is 1. The molecular weight excluding hydrogens is 389 g/mol. The summed E-state index contributed by atoms with van der Waals surface area (Å²) in [5.74, 6) is -0.834. The van der Waals surface area contributed by atoms with Gasteiger partial charge in [0.2, 0.25) is 11.8 Å². The van der Waals surface area contributed by atoms with Gasteiger partial charge in [0.1, 0.15) is 11.1 Å². The molecule has 1 unspecified atom stereocenters. The number of hydrogen-bond acceptors (Lipinski definition) is 4. The van der Waals surface area contributed by atoms with Crippen molar-refractivity contribution in [3.05, 3.63) is 59.4 Å². The number of anilines is 1.